The zero-order valence-electron chi connectivity index (χ0n) is 10.5. The maximum absolute atomic E-state index is 2.30. The average Bonchev–Trinajstić information content (AvgIpc) is 2.16. The van der Waals surface area contributed by atoms with Crippen LogP contribution in [-0.4, -0.2) is 0 Å². The molecule has 0 saturated carbocycles. The second kappa shape index (κ2) is 5.16. The molecule has 15 heavy (non-hydrogen) atoms. The zero-order valence-corrected chi connectivity index (χ0v) is 10.5. The number of hydrogen-bond donors (Lipinski definition) is 0. The van der Waals surface area contributed by atoms with E-state index < -0.39 is 0 Å². The van der Waals surface area contributed by atoms with Gasteiger partial charge in [0.2, 0.25) is 0 Å². The molecule has 0 nitrogen and oxygen atoms in total. The molecule has 0 unspecified atom stereocenters. The van der Waals surface area contributed by atoms with Crippen LogP contribution in [0.1, 0.15) is 50.3 Å². The van der Waals surface area contributed by atoms with Crippen molar-refractivity contribution in [3.63, 3.8) is 0 Å². The number of rotatable bonds is 3. The Morgan fingerprint density at radius 2 is 1.73 bits per heavy atom. The van der Waals surface area contributed by atoms with Gasteiger partial charge in [0.25, 0.3) is 0 Å². The molecule has 0 aromatic heterocycles. The molecule has 0 aliphatic heterocycles. The largest absolute Gasteiger partial charge is 0.0814 e. The van der Waals surface area contributed by atoms with Gasteiger partial charge in [-0.05, 0) is 35.4 Å². The molecule has 0 aliphatic carbocycles. The van der Waals surface area contributed by atoms with E-state index >= 15 is 0 Å². The summed E-state index contributed by atoms with van der Waals surface area (Å²) in [6.07, 6.45) is 4.50. The SMILES string of the molecule is Cc1ccc(C(C)C)cc1/C=C/C(C)C. The van der Waals surface area contributed by atoms with Crippen LogP contribution < -0.4 is 0 Å². The van der Waals surface area contributed by atoms with Gasteiger partial charge in [0.1, 0.15) is 0 Å². The minimum atomic E-state index is 0.608. The predicted molar refractivity (Wildman–Crippen MR) is 69.1 cm³/mol. The molecule has 0 amide bonds. The highest BCUT2D eigenvalue weighted by Crippen LogP contribution is 2.20. The van der Waals surface area contributed by atoms with Gasteiger partial charge < -0.3 is 0 Å². The first-order valence-corrected chi connectivity index (χ1v) is 5.79. The second-order valence-corrected chi connectivity index (χ2v) is 4.87. The summed E-state index contributed by atoms with van der Waals surface area (Å²) in [5.41, 5.74) is 4.13. The van der Waals surface area contributed by atoms with Crippen molar-refractivity contribution in [2.24, 2.45) is 5.92 Å². The van der Waals surface area contributed by atoms with Crippen molar-refractivity contribution in [1.29, 1.82) is 0 Å². The van der Waals surface area contributed by atoms with E-state index in [1.54, 1.807) is 0 Å². The maximum Gasteiger partial charge on any atom is -0.0219 e. The molecule has 82 valence electrons. The van der Waals surface area contributed by atoms with E-state index in [2.05, 4.69) is 65.0 Å². The number of aryl methyl sites for hydroxylation is 1. The third-order valence-electron chi connectivity index (χ3n) is 2.63. The van der Waals surface area contributed by atoms with Crippen LogP contribution in [0.5, 0.6) is 0 Å². The van der Waals surface area contributed by atoms with E-state index in [0.717, 1.165) is 0 Å². The lowest BCUT2D eigenvalue weighted by Gasteiger charge is -2.08. The highest BCUT2D eigenvalue weighted by molar-refractivity contribution is 5.55. The lowest BCUT2D eigenvalue weighted by molar-refractivity contribution is 0.836. The molecule has 0 heterocycles. The van der Waals surface area contributed by atoms with Gasteiger partial charge in [0.05, 0.1) is 0 Å². The fraction of sp³-hybridized carbons (Fsp3) is 0.467. The van der Waals surface area contributed by atoms with Crippen molar-refractivity contribution in [1.82, 2.24) is 0 Å². The van der Waals surface area contributed by atoms with Crippen LogP contribution in [-0.2, 0) is 0 Å². The fourth-order valence-corrected chi connectivity index (χ4v) is 1.49. The first kappa shape index (κ1) is 12.0. The van der Waals surface area contributed by atoms with Gasteiger partial charge in [0, 0.05) is 0 Å². The average molecular weight is 202 g/mol. The van der Waals surface area contributed by atoms with Crippen LogP contribution in [0.3, 0.4) is 0 Å². The Morgan fingerprint density at radius 3 is 2.27 bits per heavy atom. The summed E-state index contributed by atoms with van der Waals surface area (Å²) in [6.45, 7) is 11.1. The summed E-state index contributed by atoms with van der Waals surface area (Å²) in [5, 5.41) is 0. The van der Waals surface area contributed by atoms with Crippen molar-refractivity contribution < 1.29 is 0 Å². The first-order chi connectivity index (χ1) is 7.00. The Kier molecular flexibility index (Phi) is 4.14. The van der Waals surface area contributed by atoms with Crippen LogP contribution in [0.2, 0.25) is 0 Å². The van der Waals surface area contributed by atoms with Gasteiger partial charge in [-0.2, -0.15) is 0 Å². The molecular weight excluding hydrogens is 180 g/mol. The van der Waals surface area contributed by atoms with Crippen molar-refractivity contribution in [2.45, 2.75) is 40.5 Å². The van der Waals surface area contributed by atoms with Crippen molar-refractivity contribution in [3.8, 4) is 0 Å². The molecular formula is C15H22. The summed E-state index contributed by atoms with van der Waals surface area (Å²) >= 11 is 0. The van der Waals surface area contributed by atoms with E-state index in [0.29, 0.717) is 11.8 Å². The quantitative estimate of drug-likeness (QED) is 0.661. The molecule has 1 rings (SSSR count). The topological polar surface area (TPSA) is 0 Å². The zero-order chi connectivity index (χ0) is 11.4. The normalized spacial score (nSPS) is 11.9. The molecule has 0 N–H and O–H groups in total. The highest BCUT2D eigenvalue weighted by Gasteiger charge is 2.01. The lowest BCUT2D eigenvalue weighted by atomic mass is 9.97. The summed E-state index contributed by atoms with van der Waals surface area (Å²) in [5.74, 6) is 1.23. The predicted octanol–water partition coefficient (Wildman–Crippen LogP) is 4.79. The lowest BCUT2D eigenvalue weighted by Crippen LogP contribution is -1.90. The molecule has 1 aromatic rings. The molecule has 0 aliphatic rings. The van der Waals surface area contributed by atoms with Crippen molar-refractivity contribution in [3.05, 3.63) is 41.0 Å². The minimum Gasteiger partial charge on any atom is -0.0814 e. The molecule has 0 saturated heterocycles. The van der Waals surface area contributed by atoms with Crippen LogP contribution in [0.15, 0.2) is 24.3 Å². The minimum absolute atomic E-state index is 0.608. The molecule has 0 spiro atoms. The molecule has 0 radical (unpaired) electrons. The monoisotopic (exact) mass is 202 g/mol. The smallest absolute Gasteiger partial charge is 0.0219 e. The van der Waals surface area contributed by atoms with Crippen LogP contribution in [0.25, 0.3) is 6.08 Å². The van der Waals surface area contributed by atoms with E-state index in [1.165, 1.54) is 16.7 Å². The van der Waals surface area contributed by atoms with Gasteiger partial charge in [-0.3, -0.25) is 0 Å². The Labute approximate surface area is 94.0 Å². The van der Waals surface area contributed by atoms with Gasteiger partial charge in [0.15, 0.2) is 0 Å². The number of benzene rings is 1. The second-order valence-electron chi connectivity index (χ2n) is 4.87. The van der Waals surface area contributed by atoms with Crippen molar-refractivity contribution >= 4 is 6.08 Å². The summed E-state index contributed by atoms with van der Waals surface area (Å²) in [6, 6.07) is 6.75. The van der Waals surface area contributed by atoms with E-state index in [4.69, 9.17) is 0 Å². The standard InChI is InChI=1S/C15H22/c1-11(2)6-8-15-10-14(12(3)4)9-7-13(15)5/h6-12H,1-5H3/b8-6+. The molecule has 1 aromatic carbocycles. The summed E-state index contributed by atoms with van der Waals surface area (Å²) in [4.78, 5) is 0. The summed E-state index contributed by atoms with van der Waals surface area (Å²) < 4.78 is 0. The Bertz CT molecular complexity index is 343. The van der Waals surface area contributed by atoms with Gasteiger partial charge >= 0.3 is 0 Å². The van der Waals surface area contributed by atoms with Crippen LogP contribution >= 0.6 is 0 Å². The van der Waals surface area contributed by atoms with Gasteiger partial charge in [-0.1, -0.05) is 58.0 Å². The van der Waals surface area contributed by atoms with Crippen LogP contribution in [0, 0.1) is 12.8 Å². The molecule has 0 bridgehead atoms. The maximum atomic E-state index is 2.30. The molecule has 0 atom stereocenters. The third kappa shape index (κ3) is 3.54. The molecule has 0 heteroatoms. The first-order valence-electron chi connectivity index (χ1n) is 5.79. The fourth-order valence-electron chi connectivity index (χ4n) is 1.49. The van der Waals surface area contributed by atoms with E-state index in [1.807, 2.05) is 0 Å². The Morgan fingerprint density at radius 1 is 1.07 bits per heavy atom. The van der Waals surface area contributed by atoms with E-state index in [9.17, 15) is 0 Å². The molecule has 0 fully saturated rings. The summed E-state index contributed by atoms with van der Waals surface area (Å²) in [7, 11) is 0. The van der Waals surface area contributed by atoms with Gasteiger partial charge in [-0.25, -0.2) is 0 Å². The van der Waals surface area contributed by atoms with E-state index in [-0.39, 0.29) is 0 Å². The third-order valence-corrected chi connectivity index (χ3v) is 2.63. The van der Waals surface area contributed by atoms with Gasteiger partial charge in [-0.15, -0.1) is 0 Å². The Balaban J connectivity index is 3.00. The highest BCUT2D eigenvalue weighted by atomic mass is 14.1. The van der Waals surface area contributed by atoms with Crippen molar-refractivity contribution in [2.75, 3.05) is 0 Å². The van der Waals surface area contributed by atoms with Crippen LogP contribution in [0.4, 0.5) is 0 Å². The number of hydrogen-bond acceptors (Lipinski definition) is 0. The number of allylic oxidation sites excluding steroid dienone is 1. The Hall–Kier alpha value is -1.04.